The molecule has 1 rings (SSSR count). The maximum atomic E-state index is 11.7. The van der Waals surface area contributed by atoms with Crippen LogP contribution in [0.4, 0.5) is 0 Å². The topological polar surface area (TPSA) is 88.0 Å². The van der Waals surface area contributed by atoms with E-state index >= 15 is 0 Å². The summed E-state index contributed by atoms with van der Waals surface area (Å²) in [6, 6.07) is 1.55. The van der Waals surface area contributed by atoms with Gasteiger partial charge in [0.2, 0.25) is 0 Å². The summed E-state index contributed by atoms with van der Waals surface area (Å²) in [5.41, 5.74) is 6.22. The number of rotatable bonds is 5. The van der Waals surface area contributed by atoms with Gasteiger partial charge in [-0.3, -0.25) is 9.59 Å². The van der Waals surface area contributed by atoms with Gasteiger partial charge in [0.15, 0.2) is 5.43 Å². The van der Waals surface area contributed by atoms with Crippen LogP contribution in [0.25, 0.3) is 0 Å². The Balaban J connectivity index is 2.50. The number of aromatic nitrogens is 1. The number of pyridine rings is 1. The average Bonchev–Trinajstić information content (AvgIpc) is 2.23. The van der Waals surface area contributed by atoms with Crippen molar-refractivity contribution in [1.82, 2.24) is 10.3 Å². The largest absolute Gasteiger partial charge is 0.364 e. The normalized spacial score (nSPS) is 12.2. The Morgan fingerprint density at radius 3 is 2.88 bits per heavy atom. The summed E-state index contributed by atoms with van der Waals surface area (Å²) in [6.07, 6.45) is 3.11. The summed E-state index contributed by atoms with van der Waals surface area (Å²) in [6.45, 7) is 4.23. The van der Waals surface area contributed by atoms with Crippen LogP contribution in [0.1, 0.15) is 35.8 Å². The molecule has 0 radical (unpaired) electrons. The summed E-state index contributed by atoms with van der Waals surface area (Å²) < 4.78 is 0. The van der Waals surface area contributed by atoms with Gasteiger partial charge in [0, 0.05) is 30.5 Å². The second kappa shape index (κ2) is 6.20. The first kappa shape index (κ1) is 13.4. The maximum Gasteiger partial charge on any atom is 0.256 e. The molecule has 5 heteroatoms. The zero-order valence-electron chi connectivity index (χ0n) is 10.2. The van der Waals surface area contributed by atoms with Crippen LogP contribution >= 0.6 is 0 Å². The van der Waals surface area contributed by atoms with Crippen molar-refractivity contribution in [2.24, 2.45) is 5.73 Å². The molecule has 0 aromatic carbocycles. The molecule has 1 aromatic heterocycles. The quantitative estimate of drug-likeness (QED) is 0.653. The van der Waals surface area contributed by atoms with Crippen LogP contribution in [0.5, 0.6) is 0 Å². The standard InChI is InChI=1S/C12H19N3O2/c1-8(13)4-3-5-14-12(17)10-7-15-9(2)6-11(10)16/h6-8H,3-5,13H2,1-2H3,(H,14,17)(H,15,16). The lowest BCUT2D eigenvalue weighted by Crippen LogP contribution is -2.30. The first-order chi connectivity index (χ1) is 8.00. The summed E-state index contributed by atoms with van der Waals surface area (Å²) in [4.78, 5) is 26.0. The van der Waals surface area contributed by atoms with Crippen molar-refractivity contribution in [1.29, 1.82) is 0 Å². The van der Waals surface area contributed by atoms with Gasteiger partial charge in [0.05, 0.1) is 0 Å². The third-order valence-corrected chi connectivity index (χ3v) is 2.42. The van der Waals surface area contributed by atoms with Crippen LogP contribution in [-0.4, -0.2) is 23.5 Å². The average molecular weight is 237 g/mol. The van der Waals surface area contributed by atoms with Crippen LogP contribution < -0.4 is 16.5 Å². The van der Waals surface area contributed by atoms with Crippen LogP contribution in [0.15, 0.2) is 17.1 Å². The third kappa shape index (κ3) is 4.40. The number of hydrogen-bond acceptors (Lipinski definition) is 3. The molecule has 1 aromatic rings. The molecule has 17 heavy (non-hydrogen) atoms. The van der Waals surface area contributed by atoms with Gasteiger partial charge >= 0.3 is 0 Å². The predicted molar refractivity (Wildman–Crippen MR) is 67.0 cm³/mol. The second-order valence-corrected chi connectivity index (χ2v) is 4.27. The minimum atomic E-state index is -0.337. The van der Waals surface area contributed by atoms with Gasteiger partial charge in [-0.2, -0.15) is 0 Å². The number of aryl methyl sites for hydroxylation is 1. The fraction of sp³-hybridized carbons (Fsp3) is 0.500. The fourth-order valence-corrected chi connectivity index (χ4v) is 1.47. The van der Waals surface area contributed by atoms with Gasteiger partial charge < -0.3 is 16.0 Å². The van der Waals surface area contributed by atoms with E-state index in [1.807, 2.05) is 6.92 Å². The van der Waals surface area contributed by atoms with E-state index in [1.54, 1.807) is 6.92 Å². The Hall–Kier alpha value is -1.62. The van der Waals surface area contributed by atoms with Crippen molar-refractivity contribution < 1.29 is 4.79 Å². The Morgan fingerprint density at radius 1 is 1.59 bits per heavy atom. The summed E-state index contributed by atoms with van der Waals surface area (Å²) in [7, 11) is 0. The molecule has 1 unspecified atom stereocenters. The molecule has 0 spiro atoms. The first-order valence-corrected chi connectivity index (χ1v) is 5.74. The smallest absolute Gasteiger partial charge is 0.256 e. The lowest BCUT2D eigenvalue weighted by molar-refractivity contribution is 0.0951. The molecule has 94 valence electrons. The van der Waals surface area contributed by atoms with E-state index in [2.05, 4.69) is 10.3 Å². The number of aromatic amines is 1. The molecule has 0 aliphatic carbocycles. The van der Waals surface area contributed by atoms with Gasteiger partial charge in [-0.1, -0.05) is 0 Å². The van der Waals surface area contributed by atoms with Crippen LogP contribution in [0.3, 0.4) is 0 Å². The van der Waals surface area contributed by atoms with Crippen molar-refractivity contribution in [3.05, 3.63) is 33.7 Å². The molecule has 0 saturated carbocycles. The number of carbonyl (C=O) groups is 1. The maximum absolute atomic E-state index is 11.7. The molecular weight excluding hydrogens is 218 g/mol. The van der Waals surface area contributed by atoms with Crippen LogP contribution in [-0.2, 0) is 0 Å². The van der Waals surface area contributed by atoms with Gasteiger partial charge in [0.25, 0.3) is 5.91 Å². The van der Waals surface area contributed by atoms with Crippen molar-refractivity contribution >= 4 is 5.91 Å². The van der Waals surface area contributed by atoms with Crippen molar-refractivity contribution in [3.8, 4) is 0 Å². The number of hydrogen-bond donors (Lipinski definition) is 3. The van der Waals surface area contributed by atoms with Gasteiger partial charge in [-0.15, -0.1) is 0 Å². The number of nitrogens with one attached hydrogen (secondary N) is 2. The SMILES string of the molecule is Cc1cc(=O)c(C(=O)NCCCC(C)N)c[nH]1. The molecule has 0 fully saturated rings. The van der Waals surface area contributed by atoms with Crippen LogP contribution in [0.2, 0.25) is 0 Å². The number of amides is 1. The minimum absolute atomic E-state index is 0.134. The Kier molecular flexibility index (Phi) is 4.90. The van der Waals surface area contributed by atoms with E-state index in [4.69, 9.17) is 5.73 Å². The first-order valence-electron chi connectivity index (χ1n) is 5.74. The monoisotopic (exact) mass is 237 g/mol. The lowest BCUT2D eigenvalue weighted by atomic mass is 10.2. The lowest BCUT2D eigenvalue weighted by Gasteiger charge is -2.06. The highest BCUT2D eigenvalue weighted by atomic mass is 16.2. The molecule has 4 N–H and O–H groups in total. The predicted octanol–water partition coefficient (Wildman–Crippen LogP) is 0.541. The highest BCUT2D eigenvalue weighted by Crippen LogP contribution is 1.94. The van der Waals surface area contributed by atoms with E-state index < -0.39 is 0 Å². The molecule has 0 aliphatic rings. The van der Waals surface area contributed by atoms with Crippen molar-refractivity contribution in [3.63, 3.8) is 0 Å². The Bertz CT molecular complexity index is 438. The zero-order valence-corrected chi connectivity index (χ0v) is 10.2. The molecule has 0 bridgehead atoms. The van der Waals surface area contributed by atoms with E-state index in [0.29, 0.717) is 6.54 Å². The highest BCUT2D eigenvalue weighted by Gasteiger charge is 2.09. The molecule has 1 amide bonds. The van der Waals surface area contributed by atoms with E-state index in [-0.39, 0.29) is 22.9 Å². The Morgan fingerprint density at radius 2 is 2.29 bits per heavy atom. The molecular formula is C12H19N3O2. The molecule has 1 atom stereocenters. The Labute approximate surface area is 100 Å². The van der Waals surface area contributed by atoms with E-state index in [0.717, 1.165) is 18.5 Å². The second-order valence-electron chi connectivity index (χ2n) is 4.27. The number of H-pyrrole nitrogens is 1. The molecule has 5 nitrogen and oxygen atoms in total. The molecule has 1 heterocycles. The van der Waals surface area contributed by atoms with Gasteiger partial charge in [0.1, 0.15) is 5.56 Å². The minimum Gasteiger partial charge on any atom is -0.364 e. The van der Waals surface area contributed by atoms with Crippen LogP contribution in [0, 0.1) is 6.92 Å². The van der Waals surface area contributed by atoms with E-state index in [9.17, 15) is 9.59 Å². The molecule has 0 saturated heterocycles. The third-order valence-electron chi connectivity index (χ3n) is 2.42. The number of carbonyl (C=O) groups excluding carboxylic acids is 1. The number of nitrogens with two attached hydrogens (primary N) is 1. The van der Waals surface area contributed by atoms with Gasteiger partial charge in [-0.05, 0) is 26.7 Å². The van der Waals surface area contributed by atoms with Crippen molar-refractivity contribution in [2.75, 3.05) is 6.54 Å². The van der Waals surface area contributed by atoms with Crippen molar-refractivity contribution in [2.45, 2.75) is 32.7 Å². The summed E-state index contributed by atoms with van der Waals surface area (Å²) in [5.74, 6) is -0.337. The summed E-state index contributed by atoms with van der Waals surface area (Å²) in [5, 5.41) is 2.70. The van der Waals surface area contributed by atoms with Gasteiger partial charge in [-0.25, -0.2) is 0 Å². The summed E-state index contributed by atoms with van der Waals surface area (Å²) >= 11 is 0. The van der Waals surface area contributed by atoms with E-state index in [1.165, 1.54) is 12.3 Å². The molecule has 0 aliphatic heterocycles. The fourth-order valence-electron chi connectivity index (χ4n) is 1.47. The highest BCUT2D eigenvalue weighted by molar-refractivity contribution is 5.93. The zero-order chi connectivity index (χ0) is 12.8.